The Balaban J connectivity index is 1.59. The molecule has 0 spiro atoms. The maximum atomic E-state index is 13.3. The van der Waals surface area contributed by atoms with E-state index < -0.39 is 23.8 Å². The summed E-state index contributed by atoms with van der Waals surface area (Å²) in [4.78, 5) is 34.6. The van der Waals surface area contributed by atoms with Crippen LogP contribution >= 0.6 is 0 Å². The van der Waals surface area contributed by atoms with Gasteiger partial charge in [0.15, 0.2) is 17.4 Å². The van der Waals surface area contributed by atoms with E-state index in [-0.39, 0.29) is 23.9 Å². The van der Waals surface area contributed by atoms with Crippen LogP contribution < -0.4 is 15.0 Å². The number of phenols is 1. The van der Waals surface area contributed by atoms with Gasteiger partial charge in [0.25, 0.3) is 0 Å². The third-order valence-corrected chi connectivity index (χ3v) is 6.03. The van der Waals surface area contributed by atoms with E-state index in [1.54, 1.807) is 38.1 Å². The van der Waals surface area contributed by atoms with Crippen LogP contribution in [0.25, 0.3) is 0 Å². The zero-order chi connectivity index (χ0) is 24.9. The van der Waals surface area contributed by atoms with Crippen molar-refractivity contribution in [1.29, 1.82) is 0 Å². The van der Waals surface area contributed by atoms with E-state index in [0.717, 1.165) is 5.69 Å². The van der Waals surface area contributed by atoms with Gasteiger partial charge >= 0.3 is 5.97 Å². The second-order valence-electron chi connectivity index (χ2n) is 8.23. The molecule has 2 atom stereocenters. The molecule has 2 heterocycles. The minimum atomic E-state index is -1.17. The van der Waals surface area contributed by atoms with Gasteiger partial charge in [0.1, 0.15) is 11.9 Å². The number of esters is 1. The number of phenolic OH excluding ortho intramolecular Hbond substituents is 1. The first kappa shape index (κ1) is 24.3. The number of amides is 1. The van der Waals surface area contributed by atoms with Crippen molar-refractivity contribution in [2.45, 2.75) is 19.9 Å². The normalized spacial score (nSPS) is 20.2. The standard InChI is InChI=1S/C25H29FN4O5/c1-3-34-20-15-16(5-10-19(20)31)22-21(24(33)35-4-2)23(32)28-25(27-22)30-13-11-29(12-14-30)18-8-6-17(26)7-9-18/h5-10,15,21-22,31H,3-4,11-14H2,1-2H3,(H,27,28,32)/t21-,22+/m1/s1. The van der Waals surface area contributed by atoms with Crippen molar-refractivity contribution in [3.63, 3.8) is 0 Å². The molecule has 0 bridgehead atoms. The van der Waals surface area contributed by atoms with Gasteiger partial charge in [0, 0.05) is 31.9 Å². The number of hydrogen-bond acceptors (Lipinski definition) is 8. The highest BCUT2D eigenvalue weighted by molar-refractivity contribution is 6.08. The second-order valence-corrected chi connectivity index (χ2v) is 8.23. The first-order chi connectivity index (χ1) is 16.9. The van der Waals surface area contributed by atoms with Crippen LogP contribution in [0, 0.1) is 11.7 Å². The number of carbonyl (C=O) groups is 2. The molecule has 10 heteroatoms. The van der Waals surface area contributed by atoms with Crippen molar-refractivity contribution in [1.82, 2.24) is 10.2 Å². The molecule has 2 aliphatic heterocycles. The Morgan fingerprint density at radius 2 is 1.77 bits per heavy atom. The first-order valence-electron chi connectivity index (χ1n) is 11.7. The number of aromatic hydroxyl groups is 1. The number of carbonyl (C=O) groups excluding carboxylic acids is 2. The number of aliphatic imine (C=N–C) groups is 1. The molecule has 2 aromatic carbocycles. The monoisotopic (exact) mass is 484 g/mol. The zero-order valence-corrected chi connectivity index (χ0v) is 19.7. The van der Waals surface area contributed by atoms with Crippen molar-refractivity contribution >= 4 is 23.5 Å². The Kier molecular flexibility index (Phi) is 7.38. The summed E-state index contributed by atoms with van der Waals surface area (Å²) >= 11 is 0. The first-order valence-corrected chi connectivity index (χ1v) is 11.7. The van der Waals surface area contributed by atoms with Crippen molar-refractivity contribution in [2.75, 3.05) is 44.3 Å². The van der Waals surface area contributed by atoms with Crippen molar-refractivity contribution in [3.05, 3.63) is 53.8 Å². The Morgan fingerprint density at radius 1 is 1.09 bits per heavy atom. The summed E-state index contributed by atoms with van der Waals surface area (Å²) in [5.41, 5.74) is 1.48. The van der Waals surface area contributed by atoms with Crippen LogP contribution in [0.15, 0.2) is 47.5 Å². The summed E-state index contributed by atoms with van der Waals surface area (Å²) in [6, 6.07) is 10.2. The number of hydrogen-bond donors (Lipinski definition) is 2. The fourth-order valence-corrected chi connectivity index (χ4v) is 4.28. The van der Waals surface area contributed by atoms with E-state index >= 15 is 0 Å². The molecule has 35 heavy (non-hydrogen) atoms. The lowest BCUT2D eigenvalue weighted by Crippen LogP contribution is -2.57. The third-order valence-electron chi connectivity index (χ3n) is 6.03. The molecule has 1 fully saturated rings. The van der Waals surface area contributed by atoms with Gasteiger partial charge in [-0.2, -0.15) is 0 Å². The van der Waals surface area contributed by atoms with Crippen LogP contribution in [0.3, 0.4) is 0 Å². The van der Waals surface area contributed by atoms with E-state index in [1.807, 2.05) is 4.90 Å². The summed E-state index contributed by atoms with van der Waals surface area (Å²) in [5.74, 6) is -2.01. The predicted octanol–water partition coefficient (Wildman–Crippen LogP) is 2.46. The van der Waals surface area contributed by atoms with Gasteiger partial charge in [-0.3, -0.25) is 14.9 Å². The average molecular weight is 485 g/mol. The van der Waals surface area contributed by atoms with Crippen LogP contribution in [0.5, 0.6) is 11.5 Å². The molecule has 0 aromatic heterocycles. The molecule has 2 aromatic rings. The molecular weight excluding hydrogens is 455 g/mol. The molecule has 0 radical (unpaired) electrons. The van der Waals surface area contributed by atoms with E-state index in [2.05, 4.69) is 10.2 Å². The topological polar surface area (TPSA) is 104 Å². The van der Waals surface area contributed by atoms with Gasteiger partial charge in [0.2, 0.25) is 11.9 Å². The molecule has 0 unspecified atom stereocenters. The molecule has 9 nitrogen and oxygen atoms in total. The van der Waals surface area contributed by atoms with Crippen LogP contribution in [0.2, 0.25) is 0 Å². The molecule has 4 rings (SSSR count). The maximum absolute atomic E-state index is 13.3. The Labute approximate surface area is 203 Å². The highest BCUT2D eigenvalue weighted by atomic mass is 19.1. The predicted molar refractivity (Wildman–Crippen MR) is 128 cm³/mol. The van der Waals surface area contributed by atoms with E-state index in [0.29, 0.717) is 44.3 Å². The summed E-state index contributed by atoms with van der Waals surface area (Å²) in [6.07, 6.45) is 0. The minimum Gasteiger partial charge on any atom is -0.504 e. The van der Waals surface area contributed by atoms with Gasteiger partial charge in [-0.15, -0.1) is 0 Å². The number of halogens is 1. The van der Waals surface area contributed by atoms with Crippen molar-refractivity contribution in [3.8, 4) is 11.5 Å². The summed E-state index contributed by atoms with van der Waals surface area (Å²) in [6.45, 7) is 6.41. The maximum Gasteiger partial charge on any atom is 0.321 e. The fraction of sp³-hybridized carbons (Fsp3) is 0.400. The number of nitrogens with zero attached hydrogens (tertiary/aromatic N) is 3. The van der Waals surface area contributed by atoms with E-state index in [1.165, 1.54) is 18.2 Å². The van der Waals surface area contributed by atoms with Gasteiger partial charge in [-0.05, 0) is 55.8 Å². The second kappa shape index (κ2) is 10.6. The third kappa shape index (κ3) is 5.31. The molecular formula is C25H29FN4O5. The highest BCUT2D eigenvalue weighted by Gasteiger charge is 2.42. The van der Waals surface area contributed by atoms with Gasteiger partial charge < -0.3 is 24.4 Å². The number of rotatable bonds is 6. The number of guanidine groups is 1. The molecule has 1 amide bonds. The van der Waals surface area contributed by atoms with E-state index in [4.69, 9.17) is 14.5 Å². The smallest absolute Gasteiger partial charge is 0.321 e. The average Bonchev–Trinajstić information content (AvgIpc) is 2.86. The number of anilines is 1. The van der Waals surface area contributed by atoms with Crippen molar-refractivity contribution < 1.29 is 28.6 Å². The van der Waals surface area contributed by atoms with Gasteiger partial charge in [-0.25, -0.2) is 9.38 Å². The molecule has 186 valence electrons. The van der Waals surface area contributed by atoms with Gasteiger partial charge in [-0.1, -0.05) is 6.07 Å². The number of benzene rings is 2. The molecule has 0 saturated carbocycles. The quantitative estimate of drug-likeness (QED) is 0.480. The number of ether oxygens (including phenoxy) is 2. The van der Waals surface area contributed by atoms with Crippen LogP contribution in [0.4, 0.5) is 10.1 Å². The molecule has 2 N–H and O–H groups in total. The SMILES string of the molecule is CCOC(=O)[C@H]1C(=O)NC(N2CCN(c3ccc(F)cc3)CC2)=N[C@H]1c1ccc(O)c(OCC)c1. The van der Waals surface area contributed by atoms with E-state index in [9.17, 15) is 19.1 Å². The lowest BCUT2D eigenvalue weighted by atomic mass is 9.91. The number of piperazine rings is 1. The van der Waals surface area contributed by atoms with Gasteiger partial charge in [0.05, 0.1) is 13.2 Å². The highest BCUT2D eigenvalue weighted by Crippen LogP contribution is 2.36. The molecule has 0 aliphatic carbocycles. The Morgan fingerprint density at radius 3 is 2.43 bits per heavy atom. The summed E-state index contributed by atoms with van der Waals surface area (Å²) in [5, 5.41) is 12.9. The summed E-state index contributed by atoms with van der Waals surface area (Å²) in [7, 11) is 0. The largest absolute Gasteiger partial charge is 0.504 e. The Bertz CT molecular complexity index is 1100. The van der Waals surface area contributed by atoms with Crippen LogP contribution in [-0.2, 0) is 14.3 Å². The van der Waals surface area contributed by atoms with Crippen molar-refractivity contribution in [2.24, 2.45) is 10.9 Å². The lowest BCUT2D eigenvalue weighted by Gasteiger charge is -2.39. The number of nitrogens with one attached hydrogen (secondary N) is 1. The van der Waals surface area contributed by atoms with Crippen LogP contribution in [0.1, 0.15) is 25.5 Å². The fourth-order valence-electron chi connectivity index (χ4n) is 4.28. The lowest BCUT2D eigenvalue weighted by molar-refractivity contribution is -0.153. The zero-order valence-electron chi connectivity index (χ0n) is 19.7. The molecule has 1 saturated heterocycles. The summed E-state index contributed by atoms with van der Waals surface area (Å²) < 4.78 is 23.9. The van der Waals surface area contributed by atoms with Crippen LogP contribution in [-0.4, -0.2) is 67.2 Å². The molecule has 2 aliphatic rings. The minimum absolute atomic E-state index is 0.0373. The Hall–Kier alpha value is -3.82.